The van der Waals surface area contributed by atoms with Crippen molar-refractivity contribution in [2.75, 3.05) is 7.05 Å². The molecule has 1 unspecified atom stereocenters. The van der Waals surface area contributed by atoms with Gasteiger partial charge in [-0.15, -0.1) is 0 Å². The van der Waals surface area contributed by atoms with Gasteiger partial charge in [0.1, 0.15) is 11.4 Å². The number of benzene rings is 1. The molecular formula is C17H24N4. The number of rotatable bonds is 7. The first-order chi connectivity index (χ1) is 10.1. The van der Waals surface area contributed by atoms with E-state index in [9.17, 15) is 0 Å². The SMILES string of the molecule is CCc1nc2ccccc2n1CCCCC(C)(C#N)NC. The molecule has 1 atom stereocenters. The molecule has 0 aliphatic carbocycles. The van der Waals surface area contributed by atoms with Gasteiger partial charge in [0.05, 0.1) is 17.1 Å². The summed E-state index contributed by atoms with van der Waals surface area (Å²) >= 11 is 0. The minimum Gasteiger partial charge on any atom is -0.328 e. The first-order valence-corrected chi connectivity index (χ1v) is 7.68. The predicted octanol–water partition coefficient (Wildman–Crippen LogP) is 3.27. The zero-order valence-corrected chi connectivity index (χ0v) is 13.2. The van der Waals surface area contributed by atoms with Crippen molar-refractivity contribution in [3.8, 4) is 6.07 Å². The summed E-state index contributed by atoms with van der Waals surface area (Å²) < 4.78 is 2.32. The van der Waals surface area contributed by atoms with Crippen LogP contribution in [-0.2, 0) is 13.0 Å². The molecule has 0 aliphatic rings. The maximum atomic E-state index is 9.16. The summed E-state index contributed by atoms with van der Waals surface area (Å²) in [4.78, 5) is 4.69. The first kappa shape index (κ1) is 15.5. The second-order valence-corrected chi connectivity index (χ2v) is 5.67. The normalized spacial score (nSPS) is 14.0. The summed E-state index contributed by atoms with van der Waals surface area (Å²) in [7, 11) is 1.85. The van der Waals surface area contributed by atoms with E-state index in [2.05, 4.69) is 46.1 Å². The average Bonchev–Trinajstić information content (AvgIpc) is 2.89. The van der Waals surface area contributed by atoms with E-state index in [0.717, 1.165) is 43.6 Å². The van der Waals surface area contributed by atoms with Gasteiger partial charge in [-0.05, 0) is 45.4 Å². The summed E-state index contributed by atoms with van der Waals surface area (Å²) in [6.45, 7) is 5.07. The third kappa shape index (κ3) is 3.43. The number of nitrogens with zero attached hydrogens (tertiary/aromatic N) is 3. The number of hydrogen-bond acceptors (Lipinski definition) is 3. The number of nitrogens with one attached hydrogen (secondary N) is 1. The van der Waals surface area contributed by atoms with Crippen LogP contribution in [0.4, 0.5) is 0 Å². The highest BCUT2D eigenvalue weighted by Crippen LogP contribution is 2.19. The largest absolute Gasteiger partial charge is 0.328 e. The van der Waals surface area contributed by atoms with Crippen LogP contribution in [0.25, 0.3) is 11.0 Å². The van der Waals surface area contributed by atoms with Crippen molar-refractivity contribution in [3.63, 3.8) is 0 Å². The van der Waals surface area contributed by atoms with Crippen molar-refractivity contribution in [1.82, 2.24) is 14.9 Å². The number of unbranched alkanes of at least 4 members (excludes halogenated alkanes) is 1. The van der Waals surface area contributed by atoms with Gasteiger partial charge >= 0.3 is 0 Å². The molecule has 0 aliphatic heterocycles. The highest BCUT2D eigenvalue weighted by molar-refractivity contribution is 5.75. The van der Waals surface area contributed by atoms with Gasteiger partial charge in [0.2, 0.25) is 0 Å². The monoisotopic (exact) mass is 284 g/mol. The summed E-state index contributed by atoms with van der Waals surface area (Å²) in [5.41, 5.74) is 1.88. The molecule has 1 aromatic carbocycles. The van der Waals surface area contributed by atoms with Crippen LogP contribution in [0.2, 0.25) is 0 Å². The van der Waals surface area contributed by atoms with E-state index in [4.69, 9.17) is 5.26 Å². The number of imidazole rings is 1. The Bertz CT molecular complexity index is 638. The summed E-state index contributed by atoms with van der Waals surface area (Å²) in [5, 5.41) is 12.3. The molecule has 4 heteroatoms. The molecule has 1 heterocycles. The Hall–Kier alpha value is -1.86. The Kier molecular flexibility index (Phi) is 4.98. The molecule has 1 N–H and O–H groups in total. The lowest BCUT2D eigenvalue weighted by atomic mass is 9.97. The van der Waals surface area contributed by atoms with Crippen LogP contribution in [0.3, 0.4) is 0 Å². The minimum absolute atomic E-state index is 0.412. The molecule has 0 saturated carbocycles. The molecule has 1 aromatic heterocycles. The summed E-state index contributed by atoms with van der Waals surface area (Å²) in [5.74, 6) is 1.15. The molecule has 0 radical (unpaired) electrons. The van der Waals surface area contributed by atoms with E-state index in [1.165, 1.54) is 5.52 Å². The van der Waals surface area contributed by atoms with Crippen molar-refractivity contribution in [2.24, 2.45) is 0 Å². The average molecular weight is 284 g/mol. The fourth-order valence-electron chi connectivity index (χ4n) is 2.63. The van der Waals surface area contributed by atoms with Crippen LogP contribution >= 0.6 is 0 Å². The number of nitriles is 1. The van der Waals surface area contributed by atoms with Crippen LogP contribution in [0.1, 0.15) is 38.9 Å². The van der Waals surface area contributed by atoms with Crippen molar-refractivity contribution in [3.05, 3.63) is 30.1 Å². The van der Waals surface area contributed by atoms with Crippen molar-refractivity contribution >= 4 is 11.0 Å². The van der Waals surface area contributed by atoms with E-state index in [-0.39, 0.29) is 0 Å². The summed E-state index contributed by atoms with van der Waals surface area (Å²) in [6, 6.07) is 10.6. The topological polar surface area (TPSA) is 53.6 Å². The highest BCUT2D eigenvalue weighted by atomic mass is 15.1. The molecule has 0 saturated heterocycles. The van der Waals surface area contributed by atoms with Gasteiger partial charge < -0.3 is 9.88 Å². The van der Waals surface area contributed by atoms with Crippen molar-refractivity contribution < 1.29 is 0 Å². The molecule has 4 nitrogen and oxygen atoms in total. The number of aryl methyl sites for hydroxylation is 2. The van der Waals surface area contributed by atoms with Crippen molar-refractivity contribution in [1.29, 1.82) is 5.26 Å². The number of para-hydroxylation sites is 2. The molecule has 112 valence electrons. The third-order valence-corrected chi connectivity index (χ3v) is 4.16. The second kappa shape index (κ2) is 6.73. The smallest absolute Gasteiger partial charge is 0.109 e. The number of aromatic nitrogens is 2. The minimum atomic E-state index is -0.412. The fourth-order valence-corrected chi connectivity index (χ4v) is 2.63. The lowest BCUT2D eigenvalue weighted by Gasteiger charge is -2.20. The van der Waals surface area contributed by atoms with E-state index < -0.39 is 5.54 Å². The zero-order valence-electron chi connectivity index (χ0n) is 13.2. The van der Waals surface area contributed by atoms with E-state index in [1.54, 1.807) is 0 Å². The maximum absolute atomic E-state index is 9.16. The fraction of sp³-hybridized carbons (Fsp3) is 0.529. The Labute approximate surface area is 126 Å². The maximum Gasteiger partial charge on any atom is 0.109 e. The van der Waals surface area contributed by atoms with Gasteiger partial charge in [-0.25, -0.2) is 4.98 Å². The second-order valence-electron chi connectivity index (χ2n) is 5.67. The van der Waals surface area contributed by atoms with Crippen LogP contribution in [0, 0.1) is 11.3 Å². The van der Waals surface area contributed by atoms with Crippen molar-refractivity contribution in [2.45, 2.75) is 51.6 Å². The predicted molar refractivity (Wildman–Crippen MR) is 86.0 cm³/mol. The Morgan fingerprint density at radius 2 is 2.10 bits per heavy atom. The molecular weight excluding hydrogens is 260 g/mol. The molecule has 2 aromatic rings. The molecule has 0 amide bonds. The lowest BCUT2D eigenvalue weighted by Crippen LogP contribution is -2.37. The highest BCUT2D eigenvalue weighted by Gasteiger charge is 2.20. The van der Waals surface area contributed by atoms with Gasteiger partial charge in [0.25, 0.3) is 0 Å². The third-order valence-electron chi connectivity index (χ3n) is 4.16. The van der Waals surface area contributed by atoms with Crippen LogP contribution < -0.4 is 5.32 Å². The molecule has 0 fully saturated rings. The Balaban J connectivity index is 2.02. The Morgan fingerprint density at radius 1 is 1.33 bits per heavy atom. The quantitative estimate of drug-likeness (QED) is 0.794. The Morgan fingerprint density at radius 3 is 2.76 bits per heavy atom. The molecule has 2 rings (SSSR count). The van der Waals surface area contributed by atoms with Gasteiger partial charge in [0, 0.05) is 13.0 Å². The van der Waals surface area contributed by atoms with Crippen LogP contribution in [0.15, 0.2) is 24.3 Å². The van der Waals surface area contributed by atoms with Gasteiger partial charge in [-0.3, -0.25) is 0 Å². The number of hydrogen-bond donors (Lipinski definition) is 1. The van der Waals surface area contributed by atoms with Crippen LogP contribution in [-0.4, -0.2) is 22.1 Å². The van der Waals surface area contributed by atoms with E-state index in [0.29, 0.717) is 0 Å². The molecule has 21 heavy (non-hydrogen) atoms. The van der Waals surface area contributed by atoms with Gasteiger partial charge in [-0.1, -0.05) is 19.1 Å². The molecule has 0 spiro atoms. The van der Waals surface area contributed by atoms with Gasteiger partial charge in [0.15, 0.2) is 0 Å². The van der Waals surface area contributed by atoms with E-state index in [1.807, 2.05) is 20.0 Å². The lowest BCUT2D eigenvalue weighted by molar-refractivity contribution is 0.424. The van der Waals surface area contributed by atoms with Gasteiger partial charge in [-0.2, -0.15) is 5.26 Å². The van der Waals surface area contributed by atoms with Crippen LogP contribution in [0.5, 0.6) is 0 Å². The summed E-state index contributed by atoms with van der Waals surface area (Å²) in [6.07, 6.45) is 3.90. The van der Waals surface area contributed by atoms with E-state index >= 15 is 0 Å². The zero-order chi connectivity index (χ0) is 15.3. The molecule has 0 bridgehead atoms. The number of fused-ring (bicyclic) bond motifs is 1. The standard InChI is InChI=1S/C17H24N4/c1-4-16-20-14-9-5-6-10-15(14)21(16)12-8-7-11-17(2,13-18)19-3/h5-6,9-10,19H,4,7-8,11-12H2,1-3H3. The first-order valence-electron chi connectivity index (χ1n) is 7.68.